The molecule has 1 atom stereocenters. The molecule has 0 spiro atoms. The second kappa shape index (κ2) is 5.87. The average molecular weight is 280 g/mol. The molecular formula is C13H16N2O5. The Balaban J connectivity index is 2.47. The first kappa shape index (κ1) is 14.3. The van der Waals surface area contributed by atoms with Crippen molar-refractivity contribution >= 4 is 11.5 Å². The third-order valence-electron chi connectivity index (χ3n) is 3.34. The molecule has 0 saturated carbocycles. The summed E-state index contributed by atoms with van der Waals surface area (Å²) in [6, 6.07) is 2.29. The van der Waals surface area contributed by atoms with Crippen molar-refractivity contribution < 1.29 is 19.2 Å². The van der Waals surface area contributed by atoms with Crippen LogP contribution in [0.4, 0.5) is 5.69 Å². The van der Waals surface area contributed by atoms with Gasteiger partial charge in [0, 0.05) is 12.1 Å². The normalized spacial score (nSPS) is 17.8. The Bertz CT molecular complexity index is 538. The van der Waals surface area contributed by atoms with E-state index in [0.717, 1.165) is 19.4 Å². The number of nitrogens with zero attached hydrogens (tertiary/aromatic N) is 1. The van der Waals surface area contributed by atoms with Gasteiger partial charge in [-0.05, 0) is 19.4 Å². The molecule has 1 aliphatic rings. The molecule has 7 heteroatoms. The third kappa shape index (κ3) is 2.57. The first-order valence-corrected chi connectivity index (χ1v) is 6.26. The number of rotatable bonds is 5. The maximum Gasteiger partial charge on any atom is 0.311 e. The Hall–Kier alpha value is -2.15. The molecule has 1 saturated heterocycles. The highest BCUT2D eigenvalue weighted by atomic mass is 16.6. The van der Waals surface area contributed by atoms with Gasteiger partial charge in [0.25, 0.3) is 0 Å². The Morgan fingerprint density at radius 3 is 2.55 bits per heavy atom. The average Bonchev–Trinajstić information content (AvgIpc) is 2.99. The molecule has 7 nitrogen and oxygen atoms in total. The van der Waals surface area contributed by atoms with Crippen LogP contribution in [0, 0.1) is 10.1 Å². The van der Waals surface area contributed by atoms with E-state index in [2.05, 4.69) is 5.32 Å². The van der Waals surface area contributed by atoms with Crippen LogP contribution >= 0.6 is 0 Å². The first-order valence-electron chi connectivity index (χ1n) is 6.26. The number of Topliss-reactive ketones (excluding diaryl/α,β-unsaturated/α-hetero) is 1. The van der Waals surface area contributed by atoms with E-state index in [4.69, 9.17) is 9.47 Å². The number of nitro benzene ring substituents is 1. The van der Waals surface area contributed by atoms with Gasteiger partial charge in [0.15, 0.2) is 5.78 Å². The van der Waals surface area contributed by atoms with Gasteiger partial charge in [-0.15, -0.1) is 0 Å². The number of ether oxygens (including phenoxy) is 2. The van der Waals surface area contributed by atoms with Crippen molar-refractivity contribution in [2.45, 2.75) is 18.9 Å². The number of methoxy groups -OCH3 is 2. The number of hydrogen-bond donors (Lipinski definition) is 1. The van der Waals surface area contributed by atoms with E-state index in [1.807, 2.05) is 0 Å². The Labute approximate surface area is 116 Å². The number of nitro groups is 1. The second-order valence-corrected chi connectivity index (χ2v) is 4.49. The lowest BCUT2D eigenvalue weighted by atomic mass is 10.0. The van der Waals surface area contributed by atoms with Crippen molar-refractivity contribution in [2.75, 3.05) is 20.8 Å². The van der Waals surface area contributed by atoms with Crippen molar-refractivity contribution in [3.8, 4) is 11.5 Å². The summed E-state index contributed by atoms with van der Waals surface area (Å²) in [6.07, 6.45) is 1.64. The Kier molecular flexibility index (Phi) is 4.19. The van der Waals surface area contributed by atoms with Crippen molar-refractivity contribution in [2.24, 2.45) is 0 Å². The van der Waals surface area contributed by atoms with E-state index >= 15 is 0 Å². The highest BCUT2D eigenvalue weighted by Gasteiger charge is 2.29. The maximum atomic E-state index is 12.4. The molecule has 1 aromatic rings. The van der Waals surface area contributed by atoms with Crippen LogP contribution in [0.25, 0.3) is 0 Å². The summed E-state index contributed by atoms with van der Waals surface area (Å²) in [5.74, 6) is 0.166. The van der Waals surface area contributed by atoms with E-state index in [1.54, 1.807) is 0 Å². The fraction of sp³-hybridized carbons (Fsp3) is 0.462. The van der Waals surface area contributed by atoms with Gasteiger partial charge in [-0.2, -0.15) is 0 Å². The molecule has 2 rings (SSSR count). The molecule has 1 N–H and O–H groups in total. The molecule has 0 radical (unpaired) electrons. The minimum Gasteiger partial charge on any atom is -0.496 e. The van der Waals surface area contributed by atoms with Crippen LogP contribution in [0.1, 0.15) is 23.2 Å². The number of hydrogen-bond acceptors (Lipinski definition) is 6. The van der Waals surface area contributed by atoms with Gasteiger partial charge in [-0.25, -0.2) is 0 Å². The van der Waals surface area contributed by atoms with E-state index in [0.29, 0.717) is 0 Å². The topological polar surface area (TPSA) is 90.7 Å². The fourth-order valence-electron chi connectivity index (χ4n) is 2.31. The highest BCUT2D eigenvalue weighted by Crippen LogP contribution is 2.35. The van der Waals surface area contributed by atoms with Crippen molar-refractivity contribution in [3.05, 3.63) is 27.8 Å². The molecule has 20 heavy (non-hydrogen) atoms. The number of benzene rings is 1. The molecule has 1 aromatic carbocycles. The molecule has 0 aliphatic carbocycles. The molecule has 0 aromatic heterocycles. The molecule has 1 unspecified atom stereocenters. The smallest absolute Gasteiger partial charge is 0.311 e. The van der Waals surface area contributed by atoms with Gasteiger partial charge < -0.3 is 14.8 Å². The molecule has 1 heterocycles. The predicted molar refractivity (Wildman–Crippen MR) is 71.6 cm³/mol. The van der Waals surface area contributed by atoms with Crippen LogP contribution in [0.3, 0.4) is 0 Å². The second-order valence-electron chi connectivity index (χ2n) is 4.49. The largest absolute Gasteiger partial charge is 0.496 e. The van der Waals surface area contributed by atoms with Crippen LogP contribution in [-0.2, 0) is 0 Å². The van der Waals surface area contributed by atoms with E-state index in [9.17, 15) is 14.9 Å². The van der Waals surface area contributed by atoms with Gasteiger partial charge in [-0.3, -0.25) is 14.9 Å². The van der Waals surface area contributed by atoms with Crippen LogP contribution in [0.5, 0.6) is 11.5 Å². The molecule has 0 amide bonds. The molecule has 108 valence electrons. The van der Waals surface area contributed by atoms with Crippen LogP contribution in [0.2, 0.25) is 0 Å². The Morgan fingerprint density at radius 2 is 2.05 bits per heavy atom. The highest BCUT2D eigenvalue weighted by molar-refractivity contribution is 6.03. The zero-order valence-corrected chi connectivity index (χ0v) is 11.3. The Morgan fingerprint density at radius 1 is 1.35 bits per heavy atom. The summed E-state index contributed by atoms with van der Waals surface area (Å²) >= 11 is 0. The van der Waals surface area contributed by atoms with Crippen LogP contribution in [-0.4, -0.2) is 37.5 Å². The fourth-order valence-corrected chi connectivity index (χ4v) is 2.31. The lowest BCUT2D eigenvalue weighted by Crippen LogP contribution is -2.31. The third-order valence-corrected chi connectivity index (χ3v) is 3.34. The van der Waals surface area contributed by atoms with Gasteiger partial charge in [0.05, 0.1) is 30.7 Å². The summed E-state index contributed by atoms with van der Waals surface area (Å²) in [7, 11) is 2.75. The van der Waals surface area contributed by atoms with Crippen molar-refractivity contribution in [1.82, 2.24) is 5.32 Å². The van der Waals surface area contributed by atoms with Gasteiger partial charge in [-0.1, -0.05) is 0 Å². The quantitative estimate of drug-likeness (QED) is 0.500. The first-order chi connectivity index (χ1) is 9.58. The summed E-state index contributed by atoms with van der Waals surface area (Å²) in [5.41, 5.74) is -0.0333. The number of ketones is 1. The summed E-state index contributed by atoms with van der Waals surface area (Å²) in [6.45, 7) is 0.775. The zero-order chi connectivity index (χ0) is 14.7. The van der Waals surface area contributed by atoms with Crippen molar-refractivity contribution in [3.63, 3.8) is 0 Å². The number of carbonyl (C=O) groups excluding carboxylic acids is 1. The van der Waals surface area contributed by atoms with E-state index < -0.39 is 4.92 Å². The maximum absolute atomic E-state index is 12.4. The van der Waals surface area contributed by atoms with Gasteiger partial charge in [0.1, 0.15) is 5.75 Å². The predicted octanol–water partition coefficient (Wildman–Crippen LogP) is 1.55. The minimum absolute atomic E-state index is 0.0720. The molecule has 1 aliphatic heterocycles. The van der Waals surface area contributed by atoms with Crippen LogP contribution < -0.4 is 14.8 Å². The summed E-state index contributed by atoms with van der Waals surface area (Å²) in [5, 5.41) is 14.1. The van der Waals surface area contributed by atoms with Gasteiger partial charge >= 0.3 is 5.69 Å². The standard InChI is InChI=1S/C13H16N2O5/c1-19-11-7-12(20-2)10(15(17)18)6-8(11)13(16)9-4-3-5-14-9/h6-7,9,14H,3-5H2,1-2H3. The monoisotopic (exact) mass is 280 g/mol. The molecule has 0 bridgehead atoms. The van der Waals surface area contributed by atoms with E-state index in [1.165, 1.54) is 26.4 Å². The van der Waals surface area contributed by atoms with E-state index in [-0.39, 0.29) is 34.6 Å². The summed E-state index contributed by atoms with van der Waals surface area (Å²) < 4.78 is 10.1. The number of carbonyl (C=O) groups is 1. The minimum atomic E-state index is -0.572. The summed E-state index contributed by atoms with van der Waals surface area (Å²) in [4.78, 5) is 22.9. The van der Waals surface area contributed by atoms with Crippen molar-refractivity contribution in [1.29, 1.82) is 0 Å². The SMILES string of the molecule is COc1cc(OC)c([N+](=O)[O-])cc1C(=O)C1CCCN1. The zero-order valence-electron chi connectivity index (χ0n) is 11.3. The van der Waals surface area contributed by atoms with Crippen LogP contribution in [0.15, 0.2) is 12.1 Å². The number of nitrogens with one attached hydrogen (secondary N) is 1. The molecular weight excluding hydrogens is 264 g/mol. The lowest BCUT2D eigenvalue weighted by Gasteiger charge is -2.13. The molecule has 1 fully saturated rings. The van der Waals surface area contributed by atoms with Gasteiger partial charge in [0.2, 0.25) is 5.75 Å². The lowest BCUT2D eigenvalue weighted by molar-refractivity contribution is -0.385.